The molecule has 0 aromatic rings. The van der Waals surface area contributed by atoms with Gasteiger partial charge in [0.2, 0.25) is 10.0 Å². The monoisotopic (exact) mass is 314 g/mol. The highest BCUT2D eigenvalue weighted by Gasteiger charge is 2.30. The van der Waals surface area contributed by atoms with E-state index in [4.69, 9.17) is 4.11 Å². The van der Waals surface area contributed by atoms with Gasteiger partial charge >= 0.3 is 0 Å². The van der Waals surface area contributed by atoms with Gasteiger partial charge in [-0.2, -0.15) is 4.31 Å². The molecule has 1 unspecified atom stereocenters. The van der Waals surface area contributed by atoms with E-state index in [0.29, 0.717) is 12.3 Å². The zero-order valence-electron chi connectivity index (χ0n) is 15.2. The van der Waals surface area contributed by atoms with Gasteiger partial charge in [0.15, 0.2) is 0 Å². The highest BCUT2D eigenvalue weighted by atomic mass is 32.2. The molecule has 0 N–H and O–H groups in total. The molecule has 0 saturated carbocycles. The second-order valence-corrected chi connectivity index (χ2v) is 8.19. The summed E-state index contributed by atoms with van der Waals surface area (Å²) < 4.78 is 47.3. The van der Waals surface area contributed by atoms with Gasteiger partial charge in [-0.15, -0.1) is 0 Å². The Morgan fingerprint density at radius 1 is 1.05 bits per heavy atom. The summed E-state index contributed by atoms with van der Waals surface area (Å²) in [5.74, 6) is 0.291. The van der Waals surface area contributed by atoms with Crippen LogP contribution < -0.4 is 0 Å². The van der Waals surface area contributed by atoms with Gasteiger partial charge in [0.25, 0.3) is 0 Å². The maximum Gasteiger partial charge on any atom is 0.211 e. The molecule has 0 aromatic heterocycles. The molecule has 0 radical (unpaired) electrons. The molecule has 0 aliphatic rings. The van der Waals surface area contributed by atoms with Crippen LogP contribution in [-0.2, 0) is 10.0 Å². The Bertz CT molecular complexity index is 418. The predicted molar refractivity (Wildman–Crippen MR) is 94.7 cm³/mol. The quantitative estimate of drug-likeness (QED) is 0.730. The number of sulfonamides is 1. The SMILES string of the molecule is C.C.C.[2H]C([2H])([2H])S(=O)(=O)N(CCC(C)C(C)(C)C)C(C)(C)C. The van der Waals surface area contributed by atoms with Crippen molar-refractivity contribution in [1.82, 2.24) is 4.31 Å². The highest BCUT2D eigenvalue weighted by Crippen LogP contribution is 2.29. The molecule has 1 atom stereocenters. The number of rotatable bonds is 4. The van der Waals surface area contributed by atoms with Crippen LogP contribution in [0.15, 0.2) is 0 Å². The summed E-state index contributed by atoms with van der Waals surface area (Å²) in [5, 5.41) is 0. The van der Waals surface area contributed by atoms with Crippen molar-refractivity contribution in [2.24, 2.45) is 11.3 Å². The van der Waals surface area contributed by atoms with E-state index in [1.165, 1.54) is 0 Å². The Hall–Kier alpha value is -0.0900. The van der Waals surface area contributed by atoms with Gasteiger partial charge in [-0.3, -0.25) is 0 Å². The van der Waals surface area contributed by atoms with E-state index >= 15 is 0 Å². The first-order valence-electron chi connectivity index (χ1n) is 7.53. The van der Waals surface area contributed by atoms with E-state index in [0.717, 1.165) is 4.31 Å². The molecule has 0 aliphatic heterocycles. The lowest BCUT2D eigenvalue weighted by Crippen LogP contribution is -2.46. The third-order valence-corrected chi connectivity index (χ3v) is 4.59. The predicted octanol–water partition coefficient (Wildman–Crippen LogP) is 5.03. The average molecular weight is 315 g/mol. The van der Waals surface area contributed by atoms with Crippen molar-refractivity contribution < 1.29 is 12.5 Å². The summed E-state index contributed by atoms with van der Waals surface area (Å²) in [7, 11) is -4.30. The van der Waals surface area contributed by atoms with Crippen molar-refractivity contribution in [3.63, 3.8) is 0 Å². The summed E-state index contributed by atoms with van der Waals surface area (Å²) in [5.41, 5.74) is -0.682. The number of nitrogens with zero attached hydrogens (tertiary/aromatic N) is 1. The molecule has 4 heteroatoms. The molecular weight excluding hydrogens is 270 g/mol. The Balaban J connectivity index is -0.000000602. The third kappa shape index (κ3) is 9.76. The standard InChI is InChI=1S/C13H29NO2S.3CH4/c1-11(12(2,3)4)9-10-14(13(5,6)7)17(8,15)16;;;/h11H,9-10H2,1-8H3;3*1H4/i8D3;;;. The van der Waals surface area contributed by atoms with Crippen molar-refractivity contribution in [2.75, 3.05) is 12.7 Å². The molecule has 0 saturated heterocycles. The molecule has 0 amide bonds. The minimum Gasteiger partial charge on any atom is -0.212 e. The first-order valence-corrected chi connectivity index (χ1v) is 7.47. The van der Waals surface area contributed by atoms with Gasteiger partial charge in [0, 0.05) is 16.2 Å². The fourth-order valence-corrected chi connectivity index (χ4v) is 2.63. The molecule has 0 fully saturated rings. The fourth-order valence-electron chi connectivity index (χ4n) is 1.56. The zero-order valence-corrected chi connectivity index (χ0v) is 13.0. The van der Waals surface area contributed by atoms with Crippen molar-refractivity contribution in [1.29, 1.82) is 0 Å². The molecule has 0 bridgehead atoms. The van der Waals surface area contributed by atoms with Crippen LogP contribution in [0.5, 0.6) is 0 Å². The van der Waals surface area contributed by atoms with Crippen molar-refractivity contribution >= 4 is 10.0 Å². The van der Waals surface area contributed by atoms with Crippen LogP contribution in [0.25, 0.3) is 0 Å². The van der Waals surface area contributed by atoms with E-state index in [1.54, 1.807) is 20.8 Å². The maximum atomic E-state index is 12.2. The molecule has 128 valence electrons. The Morgan fingerprint density at radius 2 is 1.45 bits per heavy atom. The second-order valence-electron chi connectivity index (χ2n) is 6.80. The van der Waals surface area contributed by atoms with Crippen molar-refractivity contribution in [3.8, 4) is 0 Å². The highest BCUT2D eigenvalue weighted by molar-refractivity contribution is 7.88. The van der Waals surface area contributed by atoms with Crippen LogP contribution in [-0.4, -0.2) is 31.0 Å². The molecule has 0 aliphatic carbocycles. The normalized spacial score (nSPS) is 16.7. The Morgan fingerprint density at radius 3 is 1.70 bits per heavy atom. The molecule has 0 aromatic carbocycles. The topological polar surface area (TPSA) is 37.4 Å². The van der Waals surface area contributed by atoms with Crippen LogP contribution >= 0.6 is 0 Å². The first-order chi connectivity index (χ1) is 8.51. The molecule has 0 spiro atoms. The lowest BCUT2D eigenvalue weighted by Gasteiger charge is -2.36. The smallest absolute Gasteiger partial charge is 0.211 e. The fraction of sp³-hybridized carbons (Fsp3) is 1.00. The lowest BCUT2D eigenvalue weighted by molar-refractivity contribution is 0.192. The minimum atomic E-state index is -4.30. The maximum absolute atomic E-state index is 12.2. The third-order valence-electron chi connectivity index (χ3n) is 3.28. The van der Waals surface area contributed by atoms with Crippen molar-refractivity contribution in [3.05, 3.63) is 0 Å². The van der Waals surface area contributed by atoms with Crippen molar-refractivity contribution in [2.45, 2.75) is 82.7 Å². The van der Waals surface area contributed by atoms with Crippen LogP contribution in [0.1, 0.15) is 81.3 Å². The summed E-state index contributed by atoms with van der Waals surface area (Å²) in [6, 6.07) is 0. The van der Waals surface area contributed by atoms with E-state index in [-0.39, 0.29) is 34.2 Å². The van der Waals surface area contributed by atoms with E-state index in [2.05, 4.69) is 27.7 Å². The molecule has 0 rings (SSSR count). The Kier molecular flexibility index (Phi) is 8.99. The minimum absolute atomic E-state index is 0. The van der Waals surface area contributed by atoms with Gasteiger partial charge in [-0.1, -0.05) is 50.0 Å². The summed E-state index contributed by atoms with van der Waals surface area (Å²) in [4.78, 5) is 0. The van der Waals surface area contributed by atoms with Crippen LogP contribution in [0.2, 0.25) is 0 Å². The second kappa shape index (κ2) is 9.04. The lowest BCUT2D eigenvalue weighted by atomic mass is 9.80. The molecule has 0 heterocycles. The van der Waals surface area contributed by atoms with Crippen LogP contribution in [0.4, 0.5) is 0 Å². The number of hydrogen-bond acceptors (Lipinski definition) is 2. The first kappa shape index (κ1) is 19.9. The van der Waals surface area contributed by atoms with Gasteiger partial charge in [-0.05, 0) is 38.5 Å². The average Bonchev–Trinajstić information content (AvgIpc) is 2.11. The zero-order chi connectivity index (χ0) is 16.6. The molecule has 20 heavy (non-hydrogen) atoms. The number of hydrogen-bond donors (Lipinski definition) is 0. The largest absolute Gasteiger partial charge is 0.212 e. The van der Waals surface area contributed by atoms with E-state index < -0.39 is 21.7 Å². The van der Waals surface area contributed by atoms with Crippen LogP contribution in [0, 0.1) is 11.3 Å². The summed E-state index contributed by atoms with van der Waals surface area (Å²) >= 11 is 0. The Labute approximate surface area is 134 Å². The van der Waals surface area contributed by atoms with E-state index in [1.807, 2.05) is 0 Å². The van der Waals surface area contributed by atoms with Crippen LogP contribution in [0.3, 0.4) is 0 Å². The van der Waals surface area contributed by atoms with Gasteiger partial charge in [0.1, 0.15) is 0 Å². The molecular formula is C16H41NO2S. The van der Waals surface area contributed by atoms with E-state index in [9.17, 15) is 8.42 Å². The van der Waals surface area contributed by atoms with Gasteiger partial charge in [0.05, 0.1) is 6.18 Å². The summed E-state index contributed by atoms with van der Waals surface area (Å²) in [6.45, 7) is 13.7. The summed E-state index contributed by atoms with van der Waals surface area (Å²) in [6.07, 6.45) is -2.37. The van der Waals surface area contributed by atoms with Gasteiger partial charge < -0.3 is 0 Å². The molecule has 3 nitrogen and oxygen atoms in total. The van der Waals surface area contributed by atoms with Gasteiger partial charge in [-0.25, -0.2) is 8.42 Å².